The molecule has 0 radical (unpaired) electrons. The zero-order valence-electron chi connectivity index (χ0n) is 27.4. The Morgan fingerprint density at radius 2 is 0.612 bits per heavy atom. The summed E-state index contributed by atoms with van der Waals surface area (Å²) in [6, 6.07) is 55.7. The van der Waals surface area contributed by atoms with E-state index >= 15 is 0 Å². The van der Waals surface area contributed by atoms with E-state index in [2.05, 4.69) is 10.6 Å². The number of nitrogens with zero attached hydrogens (tertiary/aromatic N) is 2. The molecule has 4 amide bonds. The maximum absolute atomic E-state index is 13.4. The molecule has 0 aliphatic rings. The fourth-order valence-corrected chi connectivity index (χ4v) is 5.67. The largest absolute Gasteiger partial charge is 0.322 e. The molecular weight excluding hydrogens is 604 g/mol. The Hall–Kier alpha value is -6.14. The maximum Gasteiger partial charge on any atom is 0.322 e. The van der Waals surface area contributed by atoms with Crippen molar-refractivity contribution in [1.29, 1.82) is 0 Å². The Bertz CT molecular complexity index is 1670. The third-order valence-corrected chi connectivity index (χ3v) is 8.26. The number of anilines is 2. The highest BCUT2D eigenvalue weighted by Gasteiger charge is 2.17. The van der Waals surface area contributed by atoms with Crippen molar-refractivity contribution < 1.29 is 9.59 Å². The van der Waals surface area contributed by atoms with Gasteiger partial charge >= 0.3 is 12.1 Å². The van der Waals surface area contributed by atoms with Gasteiger partial charge in [0.05, 0.1) is 0 Å². The molecule has 0 bridgehead atoms. The van der Waals surface area contributed by atoms with Gasteiger partial charge in [-0.2, -0.15) is 0 Å². The van der Waals surface area contributed by atoms with Crippen LogP contribution in [-0.4, -0.2) is 21.9 Å². The number of rotatable bonds is 12. The van der Waals surface area contributed by atoms with E-state index in [0.29, 0.717) is 26.2 Å². The summed E-state index contributed by atoms with van der Waals surface area (Å²) < 4.78 is 0. The fraction of sp³-hybridized carbons (Fsp3) is 0.116. The van der Waals surface area contributed by atoms with E-state index in [1.165, 1.54) is 0 Å². The third-order valence-electron chi connectivity index (χ3n) is 8.26. The molecule has 0 saturated carbocycles. The lowest BCUT2D eigenvalue weighted by molar-refractivity contribution is 0.206. The summed E-state index contributed by atoms with van der Waals surface area (Å²) >= 11 is 0. The van der Waals surface area contributed by atoms with Crippen LogP contribution in [0.2, 0.25) is 0 Å². The molecule has 0 spiro atoms. The first-order chi connectivity index (χ1) is 24.1. The molecule has 2 N–H and O–H groups in total. The van der Waals surface area contributed by atoms with Gasteiger partial charge in [0, 0.05) is 37.6 Å². The van der Waals surface area contributed by atoms with Crippen LogP contribution in [0, 0.1) is 0 Å². The van der Waals surface area contributed by atoms with Gasteiger partial charge in [-0.1, -0.05) is 146 Å². The van der Waals surface area contributed by atoms with Crippen LogP contribution in [0.25, 0.3) is 0 Å². The monoisotopic (exact) mass is 644 g/mol. The first-order valence-corrected chi connectivity index (χ1v) is 16.5. The summed E-state index contributed by atoms with van der Waals surface area (Å²) in [4.78, 5) is 30.5. The van der Waals surface area contributed by atoms with Gasteiger partial charge in [-0.15, -0.1) is 0 Å². The Labute approximate surface area is 288 Å². The zero-order chi connectivity index (χ0) is 33.7. The van der Waals surface area contributed by atoms with Crippen LogP contribution in [0.4, 0.5) is 21.0 Å². The van der Waals surface area contributed by atoms with Gasteiger partial charge < -0.3 is 20.4 Å². The molecule has 0 fully saturated rings. The number of carbonyl (C=O) groups is 2. The highest BCUT2D eigenvalue weighted by atomic mass is 16.2. The quantitative estimate of drug-likeness (QED) is 0.139. The first kappa shape index (κ1) is 32.8. The van der Waals surface area contributed by atoms with Crippen LogP contribution in [0.15, 0.2) is 170 Å². The minimum absolute atomic E-state index is 0.149. The predicted molar refractivity (Wildman–Crippen MR) is 198 cm³/mol. The molecule has 0 aliphatic heterocycles. The molecule has 0 atom stereocenters. The minimum atomic E-state index is -0.149. The molecule has 6 heteroatoms. The van der Waals surface area contributed by atoms with Gasteiger partial charge in [-0.25, -0.2) is 9.59 Å². The highest BCUT2D eigenvalue weighted by Crippen LogP contribution is 2.19. The molecule has 0 aromatic heterocycles. The van der Waals surface area contributed by atoms with Crippen LogP contribution < -0.4 is 10.6 Å². The van der Waals surface area contributed by atoms with E-state index < -0.39 is 0 Å². The molecular formula is C43H40N4O2. The second-order valence-corrected chi connectivity index (χ2v) is 12.1. The van der Waals surface area contributed by atoms with Crippen LogP contribution in [0.5, 0.6) is 0 Å². The molecule has 0 aliphatic carbocycles. The van der Waals surface area contributed by atoms with E-state index in [4.69, 9.17) is 0 Å². The fourth-order valence-electron chi connectivity index (χ4n) is 5.67. The van der Waals surface area contributed by atoms with Crippen molar-refractivity contribution in [2.45, 2.75) is 32.6 Å². The van der Waals surface area contributed by atoms with Crippen LogP contribution in [0.3, 0.4) is 0 Å². The Kier molecular flexibility index (Phi) is 11.1. The van der Waals surface area contributed by atoms with Crippen LogP contribution >= 0.6 is 0 Å². The van der Waals surface area contributed by atoms with Gasteiger partial charge in [-0.05, 0) is 64.1 Å². The van der Waals surface area contributed by atoms with Gasteiger partial charge in [0.1, 0.15) is 0 Å². The number of carbonyl (C=O) groups excluding carboxylic acids is 2. The Morgan fingerprint density at radius 1 is 0.347 bits per heavy atom. The third kappa shape index (κ3) is 9.92. The second-order valence-electron chi connectivity index (χ2n) is 12.1. The van der Waals surface area contributed by atoms with Gasteiger partial charge in [0.2, 0.25) is 0 Å². The van der Waals surface area contributed by atoms with Crippen molar-refractivity contribution in [3.8, 4) is 0 Å². The molecule has 6 nitrogen and oxygen atoms in total. The normalized spacial score (nSPS) is 10.6. The van der Waals surface area contributed by atoms with Gasteiger partial charge in [-0.3, -0.25) is 0 Å². The van der Waals surface area contributed by atoms with Gasteiger partial charge in [0.25, 0.3) is 0 Å². The summed E-state index contributed by atoms with van der Waals surface area (Å²) in [5.74, 6) is 0. The molecule has 6 aromatic carbocycles. The second kappa shape index (κ2) is 16.6. The van der Waals surface area contributed by atoms with E-state index in [1.54, 1.807) is 0 Å². The lowest BCUT2D eigenvalue weighted by Gasteiger charge is -2.24. The SMILES string of the molecule is O=C(Nc1ccc(Cc2ccc(NC(=O)N(Cc3ccccc3)Cc3ccccc3)cc2)cc1)N(Cc1ccccc1)Cc1ccccc1. The molecule has 6 rings (SSSR count). The van der Waals surface area contributed by atoms with Crippen molar-refractivity contribution in [3.05, 3.63) is 203 Å². The molecule has 0 heterocycles. The Balaban J connectivity index is 1.05. The highest BCUT2D eigenvalue weighted by molar-refractivity contribution is 5.90. The average Bonchev–Trinajstić information content (AvgIpc) is 3.14. The predicted octanol–water partition coefficient (Wildman–Crippen LogP) is 9.75. The smallest absolute Gasteiger partial charge is 0.316 e. The van der Waals surface area contributed by atoms with Crippen molar-refractivity contribution in [2.24, 2.45) is 0 Å². The Morgan fingerprint density at radius 3 is 0.878 bits per heavy atom. The average molecular weight is 645 g/mol. The molecule has 0 unspecified atom stereocenters. The number of nitrogens with one attached hydrogen (secondary N) is 2. The number of urea groups is 2. The molecule has 49 heavy (non-hydrogen) atoms. The van der Waals surface area contributed by atoms with E-state index in [-0.39, 0.29) is 12.1 Å². The van der Waals surface area contributed by atoms with E-state index in [0.717, 1.165) is 51.2 Å². The summed E-state index contributed by atoms with van der Waals surface area (Å²) in [5, 5.41) is 6.16. The maximum atomic E-state index is 13.4. The zero-order valence-corrected chi connectivity index (χ0v) is 27.4. The molecule has 6 aromatic rings. The van der Waals surface area contributed by atoms with Crippen LogP contribution in [0.1, 0.15) is 33.4 Å². The van der Waals surface area contributed by atoms with E-state index in [9.17, 15) is 9.59 Å². The molecule has 244 valence electrons. The topological polar surface area (TPSA) is 64.7 Å². The summed E-state index contributed by atoms with van der Waals surface area (Å²) in [7, 11) is 0. The summed E-state index contributed by atoms with van der Waals surface area (Å²) in [6.45, 7) is 2.03. The lowest BCUT2D eigenvalue weighted by atomic mass is 10.0. The van der Waals surface area contributed by atoms with Gasteiger partial charge in [0.15, 0.2) is 0 Å². The molecule has 0 saturated heterocycles. The number of hydrogen-bond acceptors (Lipinski definition) is 2. The summed E-state index contributed by atoms with van der Waals surface area (Å²) in [6.07, 6.45) is 0.727. The number of benzene rings is 6. The number of amides is 4. The standard InChI is InChI=1S/C43H40N4O2/c48-42(46(30-36-13-5-1-6-14-36)31-37-15-7-2-8-16-37)44-40-25-21-34(22-26-40)29-35-23-27-41(28-24-35)45-43(49)47(32-38-17-9-3-10-18-38)33-39-19-11-4-12-20-39/h1-28H,29-33H2,(H,44,48)(H,45,49). The lowest BCUT2D eigenvalue weighted by Crippen LogP contribution is -2.34. The van der Waals surface area contributed by atoms with E-state index in [1.807, 2.05) is 180 Å². The van der Waals surface area contributed by atoms with Crippen LogP contribution in [-0.2, 0) is 32.6 Å². The summed E-state index contributed by atoms with van der Waals surface area (Å²) in [5.41, 5.74) is 8.03. The first-order valence-electron chi connectivity index (χ1n) is 16.5. The minimum Gasteiger partial charge on any atom is -0.316 e. The van der Waals surface area contributed by atoms with Crippen molar-refractivity contribution >= 4 is 23.4 Å². The number of hydrogen-bond donors (Lipinski definition) is 2. The van der Waals surface area contributed by atoms with Crippen molar-refractivity contribution in [3.63, 3.8) is 0 Å². The van der Waals surface area contributed by atoms with Crippen molar-refractivity contribution in [2.75, 3.05) is 10.6 Å². The van der Waals surface area contributed by atoms with Crippen molar-refractivity contribution in [1.82, 2.24) is 9.80 Å².